The predicted molar refractivity (Wildman–Crippen MR) is 73.1 cm³/mol. The molecule has 0 aromatic carbocycles. The smallest absolute Gasteiger partial charge is 0.153 e. The number of thiophene rings is 1. The van der Waals surface area contributed by atoms with Crippen LogP contribution in [0.5, 0.6) is 0 Å². The molecule has 0 aliphatic rings. The van der Waals surface area contributed by atoms with Gasteiger partial charge in [-0.15, -0.1) is 5.10 Å². The van der Waals surface area contributed by atoms with Crippen LogP contribution >= 0.6 is 27.3 Å². The van der Waals surface area contributed by atoms with Crippen molar-refractivity contribution in [2.24, 2.45) is 7.05 Å². The Morgan fingerprint density at radius 1 is 1.59 bits per heavy atom. The maximum absolute atomic E-state index is 4.04. The van der Waals surface area contributed by atoms with Crippen molar-refractivity contribution in [2.45, 2.75) is 19.4 Å². The van der Waals surface area contributed by atoms with Crippen LogP contribution in [0, 0.1) is 0 Å². The molecule has 0 fully saturated rings. The van der Waals surface area contributed by atoms with Gasteiger partial charge in [0.05, 0.1) is 11.7 Å². The number of hydrogen-bond acceptors (Lipinski definition) is 4. The van der Waals surface area contributed by atoms with E-state index in [2.05, 4.69) is 55.3 Å². The fraction of sp³-hybridized carbons (Fsp3) is 0.455. The minimum absolute atomic E-state index is 0.240. The second-order valence-corrected chi connectivity index (χ2v) is 5.37. The maximum atomic E-state index is 4.04. The van der Waals surface area contributed by atoms with Crippen LogP contribution in [0.2, 0.25) is 0 Å². The van der Waals surface area contributed by atoms with Crippen molar-refractivity contribution >= 4 is 27.3 Å². The molecule has 17 heavy (non-hydrogen) atoms. The van der Waals surface area contributed by atoms with E-state index in [0.717, 1.165) is 23.3 Å². The molecular formula is C11H15BrN4S. The minimum atomic E-state index is 0.240. The molecule has 2 aromatic heterocycles. The van der Waals surface area contributed by atoms with Crippen LogP contribution in [0.15, 0.2) is 21.4 Å². The van der Waals surface area contributed by atoms with Gasteiger partial charge in [-0.1, -0.05) is 12.1 Å². The molecule has 6 heteroatoms. The number of nitrogens with zero attached hydrogens (tertiary/aromatic N) is 3. The fourth-order valence-electron chi connectivity index (χ4n) is 1.86. The van der Waals surface area contributed by atoms with Gasteiger partial charge >= 0.3 is 0 Å². The molecule has 0 aliphatic carbocycles. The predicted octanol–water partition coefficient (Wildman–Crippen LogP) is 2.53. The number of halogens is 1. The van der Waals surface area contributed by atoms with Crippen LogP contribution in [0.4, 0.5) is 0 Å². The van der Waals surface area contributed by atoms with E-state index in [1.807, 2.05) is 11.7 Å². The molecule has 0 bridgehead atoms. The number of aryl methyl sites for hydroxylation is 1. The van der Waals surface area contributed by atoms with Gasteiger partial charge in [0.25, 0.3) is 0 Å². The highest BCUT2D eigenvalue weighted by molar-refractivity contribution is 9.10. The number of aromatic nitrogens is 3. The zero-order chi connectivity index (χ0) is 12.3. The normalized spacial score (nSPS) is 12.9. The Morgan fingerprint density at radius 2 is 2.41 bits per heavy atom. The van der Waals surface area contributed by atoms with Crippen LogP contribution in [0.1, 0.15) is 24.2 Å². The van der Waals surface area contributed by atoms with Crippen molar-refractivity contribution < 1.29 is 0 Å². The summed E-state index contributed by atoms with van der Waals surface area (Å²) in [5, 5.41) is 15.8. The zero-order valence-corrected chi connectivity index (χ0v) is 12.3. The first-order chi connectivity index (χ1) is 8.22. The Labute approximate surface area is 113 Å². The van der Waals surface area contributed by atoms with E-state index in [9.17, 15) is 0 Å². The Hall–Kier alpha value is -0.720. The van der Waals surface area contributed by atoms with Gasteiger partial charge < -0.3 is 5.32 Å². The van der Waals surface area contributed by atoms with Gasteiger partial charge in [-0.3, -0.25) is 0 Å². The van der Waals surface area contributed by atoms with E-state index in [-0.39, 0.29) is 6.04 Å². The molecule has 2 rings (SSSR count). The van der Waals surface area contributed by atoms with E-state index in [4.69, 9.17) is 0 Å². The third-order valence-electron chi connectivity index (χ3n) is 2.63. The Kier molecular flexibility index (Phi) is 4.31. The Morgan fingerprint density at radius 3 is 2.94 bits per heavy atom. The molecule has 1 unspecified atom stereocenters. The van der Waals surface area contributed by atoms with Crippen molar-refractivity contribution in [1.82, 2.24) is 20.3 Å². The average molecular weight is 315 g/mol. The van der Waals surface area contributed by atoms with E-state index < -0.39 is 0 Å². The Balaban J connectivity index is 2.23. The van der Waals surface area contributed by atoms with Crippen LogP contribution in [-0.4, -0.2) is 21.5 Å². The van der Waals surface area contributed by atoms with Crippen LogP contribution in [0.25, 0.3) is 0 Å². The summed E-state index contributed by atoms with van der Waals surface area (Å²) in [5.74, 6) is 0. The highest BCUT2D eigenvalue weighted by atomic mass is 79.9. The van der Waals surface area contributed by atoms with Crippen molar-refractivity contribution in [3.63, 3.8) is 0 Å². The van der Waals surface area contributed by atoms with E-state index >= 15 is 0 Å². The maximum Gasteiger partial charge on any atom is 0.153 e. The molecule has 4 nitrogen and oxygen atoms in total. The van der Waals surface area contributed by atoms with E-state index in [1.165, 1.54) is 5.56 Å². The molecule has 2 aromatic rings. The lowest BCUT2D eigenvalue weighted by atomic mass is 10.1. The van der Waals surface area contributed by atoms with Gasteiger partial charge in [0.1, 0.15) is 0 Å². The van der Waals surface area contributed by atoms with Crippen molar-refractivity contribution in [3.05, 3.63) is 32.7 Å². The first-order valence-electron chi connectivity index (χ1n) is 5.52. The van der Waals surface area contributed by atoms with Crippen molar-refractivity contribution in [3.8, 4) is 0 Å². The molecule has 92 valence electrons. The molecule has 0 saturated carbocycles. The summed E-state index contributed by atoms with van der Waals surface area (Å²) in [7, 11) is 1.92. The molecular weight excluding hydrogens is 300 g/mol. The highest BCUT2D eigenvalue weighted by Crippen LogP contribution is 2.24. The summed E-state index contributed by atoms with van der Waals surface area (Å²) < 4.78 is 2.64. The van der Waals surface area contributed by atoms with Crippen molar-refractivity contribution in [2.75, 3.05) is 6.54 Å². The lowest BCUT2D eigenvalue weighted by Crippen LogP contribution is -2.25. The van der Waals surface area contributed by atoms with Crippen LogP contribution < -0.4 is 5.32 Å². The lowest BCUT2D eigenvalue weighted by Gasteiger charge is -2.17. The van der Waals surface area contributed by atoms with Crippen LogP contribution in [-0.2, 0) is 13.5 Å². The minimum Gasteiger partial charge on any atom is -0.309 e. The Bertz CT molecular complexity index is 446. The highest BCUT2D eigenvalue weighted by Gasteiger charge is 2.19. The summed E-state index contributed by atoms with van der Waals surface area (Å²) >= 11 is 5.19. The topological polar surface area (TPSA) is 42.7 Å². The summed E-state index contributed by atoms with van der Waals surface area (Å²) in [4.78, 5) is 0. The van der Waals surface area contributed by atoms with E-state index in [1.54, 1.807) is 11.3 Å². The zero-order valence-electron chi connectivity index (χ0n) is 9.85. The summed E-state index contributed by atoms with van der Waals surface area (Å²) in [5.41, 5.74) is 2.44. The number of nitrogens with one attached hydrogen (secondary N) is 1. The number of likely N-dealkylation sites (N-methyl/N-ethyl adjacent to an activating group) is 1. The lowest BCUT2D eigenvalue weighted by molar-refractivity contribution is 0.505. The monoisotopic (exact) mass is 314 g/mol. The molecule has 0 radical (unpaired) electrons. The van der Waals surface area contributed by atoms with Gasteiger partial charge in [-0.2, -0.15) is 11.3 Å². The van der Waals surface area contributed by atoms with Crippen molar-refractivity contribution in [1.29, 1.82) is 0 Å². The quantitative estimate of drug-likeness (QED) is 0.922. The average Bonchev–Trinajstić information content (AvgIpc) is 2.89. The molecule has 1 atom stereocenters. The standard InChI is InChI=1S/C11H15BrN4S/c1-3-13-9(6-8-4-5-17-7-8)10-11(12)14-15-16(10)2/h4-5,7,9,13H,3,6H2,1-2H3. The first kappa shape index (κ1) is 12.7. The number of hydrogen-bond donors (Lipinski definition) is 1. The molecule has 0 aliphatic heterocycles. The SMILES string of the molecule is CCNC(Cc1ccsc1)c1c(Br)nnn1C. The molecule has 2 heterocycles. The van der Waals surface area contributed by atoms with Gasteiger partial charge in [-0.25, -0.2) is 4.68 Å². The summed E-state index contributed by atoms with van der Waals surface area (Å²) in [6.45, 7) is 3.03. The van der Waals surface area contributed by atoms with Gasteiger partial charge in [0, 0.05) is 7.05 Å². The summed E-state index contributed by atoms with van der Waals surface area (Å²) in [6, 6.07) is 2.40. The van der Waals surface area contributed by atoms with Gasteiger partial charge in [0.2, 0.25) is 0 Å². The second kappa shape index (κ2) is 5.75. The largest absolute Gasteiger partial charge is 0.309 e. The summed E-state index contributed by atoms with van der Waals surface area (Å²) in [6.07, 6.45) is 0.956. The third-order valence-corrected chi connectivity index (χ3v) is 3.92. The van der Waals surface area contributed by atoms with E-state index in [0.29, 0.717) is 0 Å². The van der Waals surface area contributed by atoms with Gasteiger partial charge in [-0.05, 0) is 51.3 Å². The fourth-order valence-corrected chi connectivity index (χ4v) is 3.15. The molecule has 0 amide bonds. The molecule has 1 N–H and O–H groups in total. The van der Waals surface area contributed by atoms with Crippen LogP contribution in [0.3, 0.4) is 0 Å². The third kappa shape index (κ3) is 2.94. The second-order valence-electron chi connectivity index (χ2n) is 3.84. The molecule has 0 spiro atoms. The first-order valence-corrected chi connectivity index (χ1v) is 7.25. The number of rotatable bonds is 5. The molecule has 0 saturated heterocycles. The van der Waals surface area contributed by atoms with Gasteiger partial charge in [0.15, 0.2) is 4.60 Å².